The molecule has 0 N–H and O–H groups in total. The smallest absolute Gasteiger partial charge is 0.350 e. The van der Waals surface area contributed by atoms with Crippen LogP contribution in [0.4, 0.5) is 0 Å². The number of hydrogen-bond donors (Lipinski definition) is 0. The maximum absolute atomic E-state index is 11.6. The molecule has 0 amide bonds. The lowest BCUT2D eigenvalue weighted by Gasteiger charge is -2.20. The van der Waals surface area contributed by atoms with E-state index >= 15 is 0 Å². The topological polar surface area (TPSA) is 97.4 Å². The largest absolute Gasteiger partial charge is 0.453 e. The Morgan fingerprint density at radius 1 is 1.11 bits per heavy atom. The molecule has 19 heavy (non-hydrogen) atoms. The Bertz CT molecular complexity index is 405. The Morgan fingerprint density at radius 3 is 2.26 bits per heavy atom. The van der Waals surface area contributed by atoms with Crippen molar-refractivity contribution in [3.63, 3.8) is 0 Å². The summed E-state index contributed by atoms with van der Waals surface area (Å²) in [7, 11) is 1.37. The molecule has 0 aromatic rings. The van der Waals surface area contributed by atoms with E-state index in [9.17, 15) is 14.4 Å². The molecule has 2 fully saturated rings. The van der Waals surface area contributed by atoms with E-state index in [0.29, 0.717) is 0 Å². The van der Waals surface area contributed by atoms with Gasteiger partial charge in [0.25, 0.3) is 0 Å². The second-order valence-corrected chi connectivity index (χ2v) is 4.21. The minimum absolute atomic E-state index is 0.553. The van der Waals surface area contributed by atoms with E-state index in [4.69, 9.17) is 23.7 Å². The zero-order valence-corrected chi connectivity index (χ0v) is 10.7. The van der Waals surface area contributed by atoms with Crippen LogP contribution in [0.1, 0.15) is 13.8 Å². The molecule has 5 atom stereocenters. The van der Waals surface area contributed by atoms with Crippen molar-refractivity contribution in [2.45, 2.75) is 44.6 Å². The fraction of sp³-hybridized carbons (Fsp3) is 0.727. The van der Waals surface area contributed by atoms with Gasteiger partial charge in [0.1, 0.15) is 6.10 Å². The number of hydrogen-bond acceptors (Lipinski definition) is 8. The van der Waals surface area contributed by atoms with Crippen molar-refractivity contribution in [2.24, 2.45) is 0 Å². The molecule has 0 aliphatic carbocycles. The molecular formula is C11H14O8. The first-order valence-electron chi connectivity index (χ1n) is 5.67. The highest BCUT2D eigenvalue weighted by molar-refractivity contribution is 5.81. The molecule has 2 saturated heterocycles. The molecule has 8 nitrogen and oxygen atoms in total. The standard InChI is InChI=1S/C11H14O8/c1-4(12)16-8-6-7(18-10(8)14)9(17-5(2)13)11(15-3)19-6/h6-9,11H,1-3H3/t6-,7-,8-,9+,11?/m0/s1. The molecular weight excluding hydrogens is 260 g/mol. The predicted octanol–water partition coefficient (Wildman–Crippen LogP) is -0.853. The fourth-order valence-electron chi connectivity index (χ4n) is 2.16. The number of carbonyl (C=O) groups excluding carboxylic acids is 3. The van der Waals surface area contributed by atoms with Crippen LogP contribution in [-0.4, -0.2) is 55.7 Å². The van der Waals surface area contributed by atoms with E-state index in [1.807, 2.05) is 0 Å². The van der Waals surface area contributed by atoms with E-state index < -0.39 is 48.6 Å². The minimum atomic E-state index is -1.17. The van der Waals surface area contributed by atoms with Gasteiger partial charge < -0.3 is 23.7 Å². The molecule has 106 valence electrons. The first-order chi connectivity index (χ1) is 8.93. The van der Waals surface area contributed by atoms with Gasteiger partial charge >= 0.3 is 17.9 Å². The number of ether oxygens (including phenoxy) is 5. The number of rotatable bonds is 3. The molecule has 2 heterocycles. The van der Waals surface area contributed by atoms with Gasteiger partial charge in [-0.2, -0.15) is 0 Å². The van der Waals surface area contributed by atoms with Crippen LogP contribution < -0.4 is 0 Å². The third-order valence-corrected chi connectivity index (χ3v) is 2.82. The average Bonchev–Trinajstić information content (AvgIpc) is 2.77. The summed E-state index contributed by atoms with van der Waals surface area (Å²) in [5.74, 6) is -1.91. The molecule has 0 bridgehead atoms. The van der Waals surface area contributed by atoms with E-state index in [1.165, 1.54) is 21.0 Å². The van der Waals surface area contributed by atoms with Crippen LogP contribution in [-0.2, 0) is 38.1 Å². The normalized spacial score (nSPS) is 36.6. The molecule has 0 saturated carbocycles. The van der Waals surface area contributed by atoms with Gasteiger partial charge in [-0.1, -0.05) is 0 Å². The van der Waals surface area contributed by atoms with Crippen LogP contribution in [0.15, 0.2) is 0 Å². The van der Waals surface area contributed by atoms with Crippen molar-refractivity contribution in [1.82, 2.24) is 0 Å². The maximum Gasteiger partial charge on any atom is 0.350 e. The quantitative estimate of drug-likeness (QED) is 0.484. The number of carbonyl (C=O) groups is 3. The van der Waals surface area contributed by atoms with Crippen molar-refractivity contribution >= 4 is 17.9 Å². The van der Waals surface area contributed by atoms with Gasteiger partial charge in [0.05, 0.1) is 0 Å². The first-order valence-corrected chi connectivity index (χ1v) is 5.67. The zero-order chi connectivity index (χ0) is 14.2. The summed E-state index contributed by atoms with van der Waals surface area (Å²) in [6.07, 6.45) is -4.60. The second-order valence-electron chi connectivity index (χ2n) is 4.21. The summed E-state index contributed by atoms with van der Waals surface area (Å²) >= 11 is 0. The SMILES string of the molecule is COC1O[C@H]2[C@H](OC(=O)[C@H]2OC(C)=O)[C@H]1OC(C)=O. The number of methoxy groups -OCH3 is 1. The Hall–Kier alpha value is -1.67. The summed E-state index contributed by atoms with van der Waals surface area (Å²) in [6.45, 7) is 2.40. The van der Waals surface area contributed by atoms with Crippen molar-refractivity contribution < 1.29 is 38.1 Å². The highest BCUT2D eigenvalue weighted by Crippen LogP contribution is 2.35. The van der Waals surface area contributed by atoms with Gasteiger partial charge in [-0.05, 0) is 0 Å². The summed E-state index contributed by atoms with van der Waals surface area (Å²) < 4.78 is 25.3. The van der Waals surface area contributed by atoms with Gasteiger partial charge in [-0.3, -0.25) is 9.59 Å². The lowest BCUT2D eigenvalue weighted by atomic mass is 10.1. The Kier molecular flexibility index (Phi) is 3.72. The Balaban J connectivity index is 2.16. The monoisotopic (exact) mass is 274 g/mol. The van der Waals surface area contributed by atoms with E-state index in [0.717, 1.165) is 0 Å². The fourth-order valence-corrected chi connectivity index (χ4v) is 2.16. The second kappa shape index (κ2) is 5.14. The third-order valence-electron chi connectivity index (χ3n) is 2.82. The zero-order valence-electron chi connectivity index (χ0n) is 10.7. The molecule has 8 heteroatoms. The molecule has 0 radical (unpaired) electrons. The Morgan fingerprint density at radius 2 is 1.74 bits per heavy atom. The summed E-state index contributed by atoms with van der Waals surface area (Å²) in [5, 5.41) is 0. The van der Waals surface area contributed by atoms with Crippen LogP contribution >= 0.6 is 0 Å². The van der Waals surface area contributed by atoms with Gasteiger partial charge in [0.15, 0.2) is 18.5 Å². The van der Waals surface area contributed by atoms with Crippen molar-refractivity contribution in [2.75, 3.05) is 7.11 Å². The van der Waals surface area contributed by atoms with Crippen LogP contribution in [0.3, 0.4) is 0 Å². The molecule has 0 aromatic carbocycles. The van der Waals surface area contributed by atoms with Gasteiger partial charge in [-0.25, -0.2) is 4.79 Å². The lowest BCUT2D eigenvalue weighted by Crippen LogP contribution is -2.37. The lowest BCUT2D eigenvalue weighted by molar-refractivity contribution is -0.195. The van der Waals surface area contributed by atoms with Crippen LogP contribution in [0.25, 0.3) is 0 Å². The number of fused-ring (bicyclic) bond motifs is 1. The number of esters is 3. The summed E-state index contributed by atoms with van der Waals surface area (Å²) in [6, 6.07) is 0. The average molecular weight is 274 g/mol. The minimum Gasteiger partial charge on any atom is -0.453 e. The maximum atomic E-state index is 11.6. The molecule has 0 aromatic heterocycles. The summed E-state index contributed by atoms with van der Waals surface area (Å²) in [5.41, 5.74) is 0. The molecule has 2 rings (SSSR count). The highest BCUT2D eigenvalue weighted by atomic mass is 16.7. The molecule has 1 unspecified atom stereocenters. The summed E-state index contributed by atoms with van der Waals surface area (Å²) in [4.78, 5) is 33.6. The van der Waals surface area contributed by atoms with Crippen LogP contribution in [0.2, 0.25) is 0 Å². The van der Waals surface area contributed by atoms with Crippen LogP contribution in [0.5, 0.6) is 0 Å². The van der Waals surface area contributed by atoms with E-state index in [1.54, 1.807) is 0 Å². The molecule has 2 aliphatic heterocycles. The van der Waals surface area contributed by atoms with Gasteiger partial charge in [-0.15, -0.1) is 0 Å². The van der Waals surface area contributed by atoms with Gasteiger partial charge in [0, 0.05) is 21.0 Å². The van der Waals surface area contributed by atoms with Crippen LogP contribution in [0, 0.1) is 0 Å². The van der Waals surface area contributed by atoms with Gasteiger partial charge in [0.2, 0.25) is 6.10 Å². The van der Waals surface area contributed by atoms with Crippen molar-refractivity contribution in [1.29, 1.82) is 0 Å². The Labute approximate surface area is 108 Å². The predicted molar refractivity (Wildman–Crippen MR) is 56.7 cm³/mol. The first kappa shape index (κ1) is 13.8. The molecule has 0 spiro atoms. The highest BCUT2D eigenvalue weighted by Gasteiger charge is 2.60. The third kappa shape index (κ3) is 2.54. The van der Waals surface area contributed by atoms with E-state index in [-0.39, 0.29) is 0 Å². The molecule has 2 aliphatic rings. The van der Waals surface area contributed by atoms with Crippen molar-refractivity contribution in [3.8, 4) is 0 Å². The van der Waals surface area contributed by atoms with Crippen molar-refractivity contribution in [3.05, 3.63) is 0 Å². The van der Waals surface area contributed by atoms with E-state index in [2.05, 4.69) is 0 Å².